The molecule has 0 aliphatic heterocycles. The van der Waals surface area contributed by atoms with Crippen molar-refractivity contribution in [2.75, 3.05) is 0 Å². The van der Waals surface area contributed by atoms with Gasteiger partial charge in [0.25, 0.3) is 0 Å². The zero-order chi connectivity index (χ0) is 0. The van der Waals surface area contributed by atoms with Crippen molar-refractivity contribution in [1.29, 1.82) is 0 Å². The van der Waals surface area contributed by atoms with Crippen LogP contribution in [0.5, 0.6) is 0 Å². The second-order valence-corrected chi connectivity index (χ2v) is 0. The van der Waals surface area contributed by atoms with Gasteiger partial charge in [-0.15, -0.1) is 0 Å². The summed E-state index contributed by atoms with van der Waals surface area (Å²) in [4.78, 5) is 0. The Morgan fingerprint density at radius 2 is 0.333 bits per heavy atom. The van der Waals surface area contributed by atoms with E-state index in [1.165, 1.54) is 0 Å². The fraction of sp³-hybridized carbons (Fsp3) is 0. The Morgan fingerprint density at radius 3 is 0.333 bits per heavy atom. The average molecular weight is 232 g/mol. The quantitative estimate of drug-likeness (QED) is 0.364. The summed E-state index contributed by atoms with van der Waals surface area (Å²) in [6.07, 6.45) is 0. The molecule has 0 bridgehead atoms. The van der Waals surface area contributed by atoms with Crippen LogP contribution >= 0.6 is 0 Å². The first-order chi connectivity index (χ1) is 0. The molecule has 6 heavy (non-hydrogen) atoms. The summed E-state index contributed by atoms with van der Waals surface area (Å²) >= 11 is 0. The summed E-state index contributed by atoms with van der Waals surface area (Å²) in [5.41, 5.74) is 0. The van der Waals surface area contributed by atoms with Gasteiger partial charge in [-0.1, -0.05) is 0 Å². The molecule has 0 aromatic heterocycles. The van der Waals surface area contributed by atoms with Crippen LogP contribution in [-0.2, 0) is 17.1 Å². The molecule has 44 valence electrons. The molecule has 0 aromatic rings. The zero-order valence-electron chi connectivity index (χ0n) is 2.27. The van der Waals surface area contributed by atoms with Gasteiger partial charge < -0.3 is 62.0 Å². The van der Waals surface area contributed by atoms with E-state index in [1.807, 2.05) is 0 Å². The van der Waals surface area contributed by atoms with Crippen molar-refractivity contribution in [1.82, 2.24) is 0 Å². The van der Waals surface area contributed by atoms with E-state index in [1.54, 1.807) is 0 Å². The molecule has 0 saturated heterocycles. The van der Waals surface area contributed by atoms with Crippen LogP contribution in [0, 0.1) is 0 Å². The summed E-state index contributed by atoms with van der Waals surface area (Å²) in [6.45, 7) is 0. The molecule has 0 aliphatic carbocycles. The summed E-state index contributed by atoms with van der Waals surface area (Å²) in [5.74, 6) is 0. The monoisotopic (exact) mass is 230 g/mol. The van der Waals surface area contributed by atoms with E-state index in [9.17, 15) is 0 Å². The Bertz CT molecular complexity index is 3.90. The molecule has 0 spiro atoms. The maximum Gasteiger partial charge on any atom is 3.00 e. The minimum atomic E-state index is 0. The van der Waals surface area contributed by atoms with Gasteiger partial charge in [0, 0.05) is 0 Å². The third kappa shape index (κ3) is 38.0. The molecular formula is Cl5Mn-2. The van der Waals surface area contributed by atoms with Crippen LogP contribution in [-0.4, -0.2) is 0 Å². The van der Waals surface area contributed by atoms with Gasteiger partial charge in [-0.05, 0) is 0 Å². The van der Waals surface area contributed by atoms with E-state index in [2.05, 4.69) is 0 Å². The maximum absolute atomic E-state index is 0. The van der Waals surface area contributed by atoms with E-state index < -0.39 is 0 Å². The summed E-state index contributed by atoms with van der Waals surface area (Å²) < 4.78 is 0. The number of hydrogen-bond acceptors (Lipinski definition) is 0. The topological polar surface area (TPSA) is 0 Å². The van der Waals surface area contributed by atoms with Crippen molar-refractivity contribution in [2.24, 2.45) is 0 Å². The van der Waals surface area contributed by atoms with Gasteiger partial charge in [-0.2, -0.15) is 0 Å². The Balaban J connectivity index is 0. The van der Waals surface area contributed by atoms with Crippen LogP contribution in [0.1, 0.15) is 0 Å². The average Bonchev–Trinajstić information content (AvgIpc) is 0. The molecule has 0 rings (SSSR count). The molecule has 0 N–H and O–H groups in total. The minimum absolute atomic E-state index is 0. The van der Waals surface area contributed by atoms with Gasteiger partial charge in [0.1, 0.15) is 0 Å². The van der Waals surface area contributed by atoms with Gasteiger partial charge in [-0.25, -0.2) is 0 Å². The first kappa shape index (κ1) is 99.8. The fourth-order valence-electron chi connectivity index (χ4n) is 0. The molecule has 0 nitrogen and oxygen atoms in total. The molecule has 0 amide bonds. The molecule has 0 radical (unpaired) electrons. The van der Waals surface area contributed by atoms with E-state index in [4.69, 9.17) is 0 Å². The predicted molar refractivity (Wildman–Crippen MR) is 0 cm³/mol. The molecule has 0 saturated carbocycles. The Morgan fingerprint density at radius 1 is 0.333 bits per heavy atom. The molecule has 0 heterocycles. The first-order valence-electron chi connectivity index (χ1n) is 0. The standard InChI is InChI=1S/5ClH.Mn/h5*1H;/q;;;;;+3/p-5. The second kappa shape index (κ2) is 64.0. The van der Waals surface area contributed by atoms with Crippen molar-refractivity contribution in [3.05, 3.63) is 0 Å². The maximum atomic E-state index is 0. The number of hydrogen-bond donors (Lipinski definition) is 0. The second-order valence-electron chi connectivity index (χ2n) is 0. The van der Waals surface area contributed by atoms with Crippen LogP contribution in [0.15, 0.2) is 0 Å². The van der Waals surface area contributed by atoms with Gasteiger partial charge in [0.05, 0.1) is 0 Å². The Hall–Kier alpha value is 1.97. The molecule has 6 heteroatoms. The van der Waals surface area contributed by atoms with E-state index >= 15 is 0 Å². The smallest absolute Gasteiger partial charge is 1.00 e. The van der Waals surface area contributed by atoms with E-state index in [0.717, 1.165) is 0 Å². The van der Waals surface area contributed by atoms with Crippen LogP contribution in [0.25, 0.3) is 0 Å². The zero-order valence-corrected chi connectivity index (χ0v) is 7.23. The van der Waals surface area contributed by atoms with Crippen LogP contribution in [0.4, 0.5) is 0 Å². The number of halogens is 5. The minimum Gasteiger partial charge on any atom is -1.00 e. The van der Waals surface area contributed by atoms with E-state index in [-0.39, 0.29) is 79.1 Å². The number of rotatable bonds is 0. The van der Waals surface area contributed by atoms with Crippen molar-refractivity contribution in [2.45, 2.75) is 0 Å². The van der Waals surface area contributed by atoms with Crippen LogP contribution in [0.3, 0.4) is 0 Å². The largest absolute Gasteiger partial charge is 3.00 e. The fourth-order valence-corrected chi connectivity index (χ4v) is 0. The SMILES string of the molecule is [Cl-].[Cl-].[Cl-].[Cl-].[Cl-].[Mn+3]. The molecule has 0 unspecified atom stereocenters. The molecule has 0 aliphatic rings. The Labute approximate surface area is 78.7 Å². The Kier molecular flexibility index (Phi) is 1060. The van der Waals surface area contributed by atoms with E-state index in [0.29, 0.717) is 0 Å². The van der Waals surface area contributed by atoms with Crippen LogP contribution in [0.2, 0.25) is 0 Å². The van der Waals surface area contributed by atoms with Crippen molar-refractivity contribution < 1.29 is 79.1 Å². The summed E-state index contributed by atoms with van der Waals surface area (Å²) in [5, 5.41) is 0. The normalized spacial score (nSPS) is 0. The third-order valence-electron chi connectivity index (χ3n) is 0. The predicted octanol–water partition coefficient (Wildman–Crippen LogP) is -15.0. The third-order valence-corrected chi connectivity index (χ3v) is 0. The van der Waals surface area contributed by atoms with Gasteiger partial charge >= 0.3 is 17.1 Å². The van der Waals surface area contributed by atoms with Gasteiger partial charge in [0.2, 0.25) is 0 Å². The molecule has 0 aromatic carbocycles. The van der Waals surface area contributed by atoms with Crippen molar-refractivity contribution in [3.8, 4) is 0 Å². The van der Waals surface area contributed by atoms with Gasteiger partial charge in [0.15, 0.2) is 0 Å². The molecule has 0 atom stereocenters. The van der Waals surface area contributed by atoms with Crippen molar-refractivity contribution in [3.63, 3.8) is 0 Å². The molecule has 0 fully saturated rings. The van der Waals surface area contributed by atoms with Crippen LogP contribution < -0.4 is 62.0 Å². The first-order valence-corrected chi connectivity index (χ1v) is 0. The van der Waals surface area contributed by atoms with Crippen molar-refractivity contribution >= 4 is 0 Å². The molecular weight excluding hydrogens is 232 g/mol. The van der Waals surface area contributed by atoms with Gasteiger partial charge in [-0.3, -0.25) is 0 Å². The summed E-state index contributed by atoms with van der Waals surface area (Å²) in [7, 11) is 0. The summed E-state index contributed by atoms with van der Waals surface area (Å²) in [6, 6.07) is 0.